The second kappa shape index (κ2) is 8.51. The molecule has 0 saturated heterocycles. The number of benzene rings is 1. The molecule has 0 aromatic heterocycles. The summed E-state index contributed by atoms with van der Waals surface area (Å²) in [4.78, 5) is 0. The monoisotopic (exact) mass is 255 g/mol. The van der Waals surface area contributed by atoms with Crippen LogP contribution in [0.15, 0.2) is 24.3 Å². The van der Waals surface area contributed by atoms with Gasteiger partial charge in [-0.25, -0.2) is 0 Å². The van der Waals surface area contributed by atoms with Crippen molar-refractivity contribution >= 4 is 11.6 Å². The fourth-order valence-electron chi connectivity index (χ4n) is 1.82. The minimum Gasteiger partial charge on any atom is -0.381 e. The third-order valence-corrected chi connectivity index (χ3v) is 2.89. The lowest BCUT2D eigenvalue weighted by atomic mass is 10.00. The predicted molar refractivity (Wildman–Crippen MR) is 73.7 cm³/mol. The first-order valence-electron chi connectivity index (χ1n) is 6.29. The Morgan fingerprint density at radius 2 is 2.18 bits per heavy atom. The zero-order valence-electron chi connectivity index (χ0n) is 10.7. The van der Waals surface area contributed by atoms with Crippen LogP contribution in [0, 0.1) is 5.92 Å². The molecule has 3 heteroatoms. The fraction of sp³-hybridized carbons (Fsp3) is 0.571. The van der Waals surface area contributed by atoms with Gasteiger partial charge in [-0.15, -0.1) is 0 Å². The van der Waals surface area contributed by atoms with Crippen LogP contribution in [0.5, 0.6) is 0 Å². The van der Waals surface area contributed by atoms with Crippen LogP contribution in [0.3, 0.4) is 0 Å². The summed E-state index contributed by atoms with van der Waals surface area (Å²) in [5, 5.41) is 4.19. The van der Waals surface area contributed by atoms with E-state index in [0.717, 1.165) is 37.7 Å². The van der Waals surface area contributed by atoms with E-state index in [9.17, 15) is 0 Å². The lowest BCUT2D eigenvalue weighted by molar-refractivity contribution is 0.110. The molecular formula is C14H22ClNO. The summed E-state index contributed by atoms with van der Waals surface area (Å²) in [7, 11) is 0. The van der Waals surface area contributed by atoms with Crippen LogP contribution >= 0.6 is 11.6 Å². The summed E-state index contributed by atoms with van der Waals surface area (Å²) >= 11 is 5.99. The van der Waals surface area contributed by atoms with Crippen LogP contribution in [0.1, 0.15) is 19.4 Å². The van der Waals surface area contributed by atoms with Gasteiger partial charge < -0.3 is 10.1 Å². The zero-order chi connectivity index (χ0) is 12.5. The van der Waals surface area contributed by atoms with Gasteiger partial charge in [0, 0.05) is 18.2 Å². The number of hydrogen-bond acceptors (Lipinski definition) is 2. The molecule has 96 valence electrons. The smallest absolute Gasteiger partial charge is 0.0509 e. The SMILES string of the molecule is CCNCC(COCC)Cc1cccc(Cl)c1. The Morgan fingerprint density at radius 1 is 1.35 bits per heavy atom. The van der Waals surface area contributed by atoms with Crippen molar-refractivity contribution in [1.82, 2.24) is 5.32 Å². The molecule has 2 nitrogen and oxygen atoms in total. The minimum absolute atomic E-state index is 0.508. The van der Waals surface area contributed by atoms with Crippen LogP contribution in [-0.4, -0.2) is 26.3 Å². The maximum absolute atomic E-state index is 5.99. The van der Waals surface area contributed by atoms with Crippen LogP contribution < -0.4 is 5.32 Å². The molecule has 0 spiro atoms. The summed E-state index contributed by atoms with van der Waals surface area (Å²) in [5.41, 5.74) is 1.28. The van der Waals surface area contributed by atoms with E-state index in [-0.39, 0.29) is 0 Å². The van der Waals surface area contributed by atoms with Gasteiger partial charge in [-0.1, -0.05) is 30.7 Å². The van der Waals surface area contributed by atoms with E-state index in [1.165, 1.54) is 5.56 Å². The van der Waals surface area contributed by atoms with Crippen molar-refractivity contribution in [2.75, 3.05) is 26.3 Å². The predicted octanol–water partition coefficient (Wildman–Crippen LogP) is 3.14. The molecule has 1 rings (SSSR count). The van der Waals surface area contributed by atoms with Gasteiger partial charge in [0.15, 0.2) is 0 Å². The molecule has 0 aliphatic heterocycles. The van der Waals surface area contributed by atoms with Gasteiger partial charge in [-0.05, 0) is 43.5 Å². The van der Waals surface area contributed by atoms with Crippen LogP contribution in [0.4, 0.5) is 0 Å². The zero-order valence-corrected chi connectivity index (χ0v) is 11.5. The van der Waals surface area contributed by atoms with Crippen LogP contribution in [-0.2, 0) is 11.2 Å². The molecule has 1 aromatic rings. The molecule has 0 aliphatic carbocycles. The van der Waals surface area contributed by atoms with Crippen molar-refractivity contribution in [3.8, 4) is 0 Å². The van der Waals surface area contributed by atoms with E-state index >= 15 is 0 Å². The van der Waals surface area contributed by atoms with E-state index in [2.05, 4.69) is 18.3 Å². The lowest BCUT2D eigenvalue weighted by Crippen LogP contribution is -2.27. The van der Waals surface area contributed by atoms with Gasteiger partial charge >= 0.3 is 0 Å². The summed E-state index contributed by atoms with van der Waals surface area (Å²) in [6.07, 6.45) is 1.01. The van der Waals surface area contributed by atoms with Crippen molar-refractivity contribution in [3.63, 3.8) is 0 Å². The van der Waals surface area contributed by atoms with Crippen molar-refractivity contribution in [1.29, 1.82) is 0 Å². The summed E-state index contributed by atoms with van der Waals surface area (Å²) in [6.45, 7) is 7.72. The maximum Gasteiger partial charge on any atom is 0.0509 e. The number of halogens is 1. The first-order valence-corrected chi connectivity index (χ1v) is 6.67. The van der Waals surface area contributed by atoms with Gasteiger partial charge in [-0.2, -0.15) is 0 Å². The van der Waals surface area contributed by atoms with Crippen molar-refractivity contribution in [2.45, 2.75) is 20.3 Å². The van der Waals surface area contributed by atoms with E-state index < -0.39 is 0 Å². The highest BCUT2D eigenvalue weighted by molar-refractivity contribution is 6.30. The van der Waals surface area contributed by atoms with Gasteiger partial charge in [0.1, 0.15) is 0 Å². The highest BCUT2D eigenvalue weighted by Crippen LogP contribution is 2.14. The Morgan fingerprint density at radius 3 is 2.82 bits per heavy atom. The first kappa shape index (κ1) is 14.5. The van der Waals surface area contributed by atoms with Gasteiger partial charge in [0.05, 0.1) is 6.61 Å². The molecule has 0 aliphatic rings. The van der Waals surface area contributed by atoms with Gasteiger partial charge in [0.2, 0.25) is 0 Å². The van der Waals surface area contributed by atoms with Crippen molar-refractivity contribution in [2.24, 2.45) is 5.92 Å². The highest BCUT2D eigenvalue weighted by atomic mass is 35.5. The Kier molecular flexibility index (Phi) is 7.25. The average Bonchev–Trinajstić information content (AvgIpc) is 2.32. The summed E-state index contributed by atoms with van der Waals surface area (Å²) < 4.78 is 5.52. The van der Waals surface area contributed by atoms with E-state index in [1.54, 1.807) is 0 Å². The number of nitrogens with one attached hydrogen (secondary N) is 1. The summed E-state index contributed by atoms with van der Waals surface area (Å²) in [6, 6.07) is 8.07. The summed E-state index contributed by atoms with van der Waals surface area (Å²) in [5.74, 6) is 0.508. The standard InChI is InChI=1S/C14H22ClNO/c1-3-16-10-13(11-17-4-2)8-12-6-5-7-14(15)9-12/h5-7,9,13,16H,3-4,8,10-11H2,1-2H3. The third kappa shape index (κ3) is 6.06. The number of hydrogen-bond donors (Lipinski definition) is 1. The molecule has 1 unspecified atom stereocenters. The largest absolute Gasteiger partial charge is 0.381 e. The van der Waals surface area contributed by atoms with E-state index in [1.807, 2.05) is 25.1 Å². The Labute approximate surface area is 109 Å². The van der Waals surface area contributed by atoms with Crippen LogP contribution in [0.2, 0.25) is 5.02 Å². The Bertz CT molecular complexity index is 309. The average molecular weight is 256 g/mol. The van der Waals surface area contributed by atoms with E-state index in [4.69, 9.17) is 16.3 Å². The first-order chi connectivity index (χ1) is 8.26. The van der Waals surface area contributed by atoms with Crippen molar-refractivity contribution < 1.29 is 4.74 Å². The van der Waals surface area contributed by atoms with Crippen LogP contribution in [0.25, 0.3) is 0 Å². The molecule has 1 atom stereocenters. The fourth-order valence-corrected chi connectivity index (χ4v) is 2.03. The topological polar surface area (TPSA) is 21.3 Å². The molecule has 1 aromatic carbocycles. The molecule has 0 bridgehead atoms. The van der Waals surface area contributed by atoms with Crippen molar-refractivity contribution in [3.05, 3.63) is 34.9 Å². The molecule has 0 heterocycles. The van der Waals surface area contributed by atoms with Gasteiger partial charge in [-0.3, -0.25) is 0 Å². The molecule has 0 fully saturated rings. The lowest BCUT2D eigenvalue weighted by Gasteiger charge is -2.17. The highest BCUT2D eigenvalue weighted by Gasteiger charge is 2.09. The Balaban J connectivity index is 2.51. The molecular weight excluding hydrogens is 234 g/mol. The second-order valence-corrected chi connectivity index (χ2v) is 4.60. The normalized spacial score (nSPS) is 12.6. The Hall–Kier alpha value is -0.570. The molecule has 17 heavy (non-hydrogen) atoms. The number of ether oxygens (including phenoxy) is 1. The van der Waals surface area contributed by atoms with Gasteiger partial charge in [0.25, 0.3) is 0 Å². The minimum atomic E-state index is 0.508. The third-order valence-electron chi connectivity index (χ3n) is 2.65. The maximum atomic E-state index is 5.99. The molecule has 0 amide bonds. The molecule has 0 radical (unpaired) electrons. The molecule has 0 saturated carbocycles. The van der Waals surface area contributed by atoms with E-state index in [0.29, 0.717) is 5.92 Å². The number of rotatable bonds is 8. The quantitative estimate of drug-likeness (QED) is 0.771. The molecule has 1 N–H and O–H groups in total. The second-order valence-electron chi connectivity index (χ2n) is 4.17.